The molecule has 3 heteroatoms. The van der Waals surface area contributed by atoms with Gasteiger partial charge in [-0.05, 0) is 36.2 Å². The number of nitrogens with zero attached hydrogens (tertiary/aromatic N) is 1. The SMILES string of the molecule is C[C@@H](O)Cn1ccc2c1-c1cc(Br)ccc1C2. The van der Waals surface area contributed by atoms with Crippen LogP contribution in [0.4, 0.5) is 0 Å². The predicted molar refractivity (Wildman–Crippen MR) is 72.1 cm³/mol. The molecule has 2 nitrogen and oxygen atoms in total. The van der Waals surface area contributed by atoms with Crippen molar-refractivity contribution in [3.8, 4) is 11.3 Å². The van der Waals surface area contributed by atoms with E-state index in [-0.39, 0.29) is 6.10 Å². The van der Waals surface area contributed by atoms with Crippen LogP contribution in [-0.4, -0.2) is 15.8 Å². The van der Waals surface area contributed by atoms with Gasteiger partial charge in [0.15, 0.2) is 0 Å². The van der Waals surface area contributed by atoms with Crippen molar-refractivity contribution in [2.24, 2.45) is 0 Å². The summed E-state index contributed by atoms with van der Waals surface area (Å²) in [7, 11) is 0. The van der Waals surface area contributed by atoms with E-state index in [0.29, 0.717) is 6.54 Å². The average Bonchev–Trinajstić information content (AvgIpc) is 2.78. The minimum Gasteiger partial charge on any atom is -0.392 e. The molecule has 1 atom stereocenters. The molecule has 0 amide bonds. The molecule has 0 saturated heterocycles. The second kappa shape index (κ2) is 4.00. The van der Waals surface area contributed by atoms with E-state index in [1.807, 2.05) is 6.92 Å². The number of fused-ring (bicyclic) bond motifs is 3. The zero-order valence-electron chi connectivity index (χ0n) is 9.65. The molecule has 1 aliphatic rings. The van der Waals surface area contributed by atoms with Crippen LogP contribution in [0.3, 0.4) is 0 Å². The molecule has 1 N–H and O–H groups in total. The number of aromatic nitrogens is 1. The third kappa shape index (κ3) is 1.83. The molecule has 0 unspecified atom stereocenters. The van der Waals surface area contributed by atoms with E-state index in [1.165, 1.54) is 22.4 Å². The Balaban J connectivity index is 2.12. The van der Waals surface area contributed by atoms with Crippen molar-refractivity contribution >= 4 is 15.9 Å². The van der Waals surface area contributed by atoms with Gasteiger partial charge in [-0.15, -0.1) is 0 Å². The quantitative estimate of drug-likeness (QED) is 0.771. The van der Waals surface area contributed by atoms with Crippen LogP contribution in [0.1, 0.15) is 18.1 Å². The molecule has 0 spiro atoms. The Kier molecular flexibility index (Phi) is 2.60. The van der Waals surface area contributed by atoms with Gasteiger partial charge >= 0.3 is 0 Å². The maximum absolute atomic E-state index is 9.53. The molecule has 1 aliphatic carbocycles. The summed E-state index contributed by atoms with van der Waals surface area (Å²) in [5.41, 5.74) is 5.29. The predicted octanol–water partition coefficient (Wildman–Crippen LogP) is 3.20. The van der Waals surface area contributed by atoms with E-state index in [9.17, 15) is 5.11 Å². The van der Waals surface area contributed by atoms with Gasteiger partial charge in [0.2, 0.25) is 0 Å². The number of aliphatic hydroxyl groups is 1. The summed E-state index contributed by atoms with van der Waals surface area (Å²) in [6.07, 6.45) is 2.76. The first kappa shape index (κ1) is 11.1. The summed E-state index contributed by atoms with van der Waals surface area (Å²) in [4.78, 5) is 0. The van der Waals surface area contributed by atoms with E-state index >= 15 is 0 Å². The molecular formula is C14H14BrNO. The van der Waals surface area contributed by atoms with E-state index in [0.717, 1.165) is 10.9 Å². The first-order valence-corrected chi connectivity index (χ1v) is 6.59. The number of hydrogen-bond donors (Lipinski definition) is 1. The van der Waals surface area contributed by atoms with Gasteiger partial charge in [-0.2, -0.15) is 0 Å². The van der Waals surface area contributed by atoms with Gasteiger partial charge in [-0.3, -0.25) is 0 Å². The maximum atomic E-state index is 9.53. The van der Waals surface area contributed by atoms with Gasteiger partial charge in [0.25, 0.3) is 0 Å². The van der Waals surface area contributed by atoms with E-state index in [2.05, 4.69) is 51.0 Å². The molecule has 0 radical (unpaired) electrons. The zero-order valence-corrected chi connectivity index (χ0v) is 11.2. The second-order valence-corrected chi connectivity index (χ2v) is 5.58. The lowest BCUT2D eigenvalue weighted by Crippen LogP contribution is -2.11. The summed E-state index contributed by atoms with van der Waals surface area (Å²) in [6, 6.07) is 8.58. The smallest absolute Gasteiger partial charge is 0.0691 e. The molecule has 0 fully saturated rings. The number of rotatable bonds is 2. The normalized spacial score (nSPS) is 14.5. The van der Waals surface area contributed by atoms with Crippen LogP contribution < -0.4 is 0 Å². The molecule has 1 aromatic heterocycles. The van der Waals surface area contributed by atoms with Crippen LogP contribution in [0, 0.1) is 0 Å². The Morgan fingerprint density at radius 3 is 2.94 bits per heavy atom. The second-order valence-electron chi connectivity index (χ2n) is 4.67. The monoisotopic (exact) mass is 291 g/mol. The van der Waals surface area contributed by atoms with Gasteiger partial charge in [0, 0.05) is 29.2 Å². The van der Waals surface area contributed by atoms with Gasteiger partial charge in [-0.25, -0.2) is 0 Å². The molecular weight excluding hydrogens is 278 g/mol. The summed E-state index contributed by atoms with van der Waals surface area (Å²) in [5.74, 6) is 0. The van der Waals surface area contributed by atoms with Gasteiger partial charge in [0.05, 0.1) is 11.8 Å². The lowest BCUT2D eigenvalue weighted by molar-refractivity contribution is 0.174. The number of hydrogen-bond acceptors (Lipinski definition) is 1. The highest BCUT2D eigenvalue weighted by Crippen LogP contribution is 2.38. The third-order valence-corrected chi connectivity index (χ3v) is 3.71. The topological polar surface area (TPSA) is 25.2 Å². The van der Waals surface area contributed by atoms with Crippen molar-refractivity contribution in [2.75, 3.05) is 0 Å². The number of halogens is 1. The molecule has 1 heterocycles. The van der Waals surface area contributed by atoms with Gasteiger partial charge in [0.1, 0.15) is 0 Å². The highest BCUT2D eigenvalue weighted by molar-refractivity contribution is 9.10. The van der Waals surface area contributed by atoms with Crippen LogP contribution in [0.2, 0.25) is 0 Å². The molecule has 1 aromatic carbocycles. The van der Waals surface area contributed by atoms with Crippen molar-refractivity contribution < 1.29 is 5.11 Å². The van der Waals surface area contributed by atoms with E-state index in [4.69, 9.17) is 0 Å². The van der Waals surface area contributed by atoms with Gasteiger partial charge in [-0.1, -0.05) is 22.0 Å². The number of benzene rings is 1. The Morgan fingerprint density at radius 2 is 2.18 bits per heavy atom. The van der Waals surface area contributed by atoms with Crippen molar-refractivity contribution in [3.63, 3.8) is 0 Å². The summed E-state index contributed by atoms with van der Waals surface area (Å²) in [6.45, 7) is 2.48. The summed E-state index contributed by atoms with van der Waals surface area (Å²) < 4.78 is 3.26. The zero-order chi connectivity index (χ0) is 12.0. The van der Waals surface area contributed by atoms with Crippen LogP contribution in [0.25, 0.3) is 11.3 Å². The van der Waals surface area contributed by atoms with Gasteiger partial charge < -0.3 is 9.67 Å². The molecule has 3 rings (SSSR count). The fraction of sp³-hybridized carbons (Fsp3) is 0.286. The van der Waals surface area contributed by atoms with Crippen molar-refractivity contribution in [2.45, 2.75) is 26.0 Å². The molecule has 17 heavy (non-hydrogen) atoms. The molecule has 0 aliphatic heterocycles. The summed E-state index contributed by atoms with van der Waals surface area (Å²) >= 11 is 3.52. The Morgan fingerprint density at radius 1 is 1.35 bits per heavy atom. The number of aliphatic hydroxyl groups excluding tert-OH is 1. The van der Waals surface area contributed by atoms with E-state index < -0.39 is 0 Å². The Hall–Kier alpha value is -1.06. The van der Waals surface area contributed by atoms with Crippen LogP contribution >= 0.6 is 15.9 Å². The maximum Gasteiger partial charge on any atom is 0.0691 e. The molecule has 88 valence electrons. The van der Waals surface area contributed by atoms with Crippen LogP contribution in [0.15, 0.2) is 34.9 Å². The van der Waals surface area contributed by atoms with Crippen LogP contribution in [0.5, 0.6) is 0 Å². The fourth-order valence-electron chi connectivity index (χ4n) is 2.55. The molecule has 2 aromatic rings. The van der Waals surface area contributed by atoms with E-state index in [1.54, 1.807) is 0 Å². The lowest BCUT2D eigenvalue weighted by Gasteiger charge is -2.11. The largest absolute Gasteiger partial charge is 0.392 e. The lowest BCUT2D eigenvalue weighted by atomic mass is 10.1. The first-order valence-electron chi connectivity index (χ1n) is 5.80. The highest BCUT2D eigenvalue weighted by Gasteiger charge is 2.22. The first-order chi connectivity index (χ1) is 8.15. The minimum absolute atomic E-state index is 0.317. The molecule has 0 saturated carbocycles. The Labute approximate surface area is 109 Å². The van der Waals surface area contributed by atoms with Crippen LogP contribution in [-0.2, 0) is 13.0 Å². The molecule has 0 bridgehead atoms. The van der Waals surface area contributed by atoms with Crippen molar-refractivity contribution in [1.29, 1.82) is 0 Å². The van der Waals surface area contributed by atoms with Crippen molar-refractivity contribution in [1.82, 2.24) is 4.57 Å². The highest BCUT2D eigenvalue weighted by atomic mass is 79.9. The third-order valence-electron chi connectivity index (χ3n) is 3.22. The standard InChI is InChI=1S/C14H14BrNO/c1-9(17)8-16-5-4-11-6-10-2-3-12(15)7-13(10)14(11)16/h2-5,7,9,17H,6,8H2,1H3/t9-/m1/s1. The fourth-order valence-corrected chi connectivity index (χ4v) is 2.91. The minimum atomic E-state index is -0.317. The van der Waals surface area contributed by atoms with Crippen molar-refractivity contribution in [3.05, 3.63) is 46.1 Å². The average molecular weight is 292 g/mol. The summed E-state index contributed by atoms with van der Waals surface area (Å²) in [5, 5.41) is 9.53. The Bertz CT molecular complexity index is 572.